The van der Waals surface area contributed by atoms with Crippen LogP contribution in [-0.2, 0) is 14.4 Å². The van der Waals surface area contributed by atoms with Gasteiger partial charge in [0.1, 0.15) is 12.3 Å². The van der Waals surface area contributed by atoms with Gasteiger partial charge < -0.3 is 10.1 Å². The maximum absolute atomic E-state index is 12.9. The molecule has 0 aromatic heterocycles. The number of hydrogen-bond acceptors (Lipinski definition) is 4. The predicted molar refractivity (Wildman–Crippen MR) is 93.0 cm³/mol. The number of anilines is 1. The molecule has 3 amide bonds. The highest BCUT2D eigenvalue weighted by atomic mass is 16.5. The van der Waals surface area contributed by atoms with Gasteiger partial charge in [0, 0.05) is 11.8 Å². The number of nitrogens with zero attached hydrogens (tertiary/aromatic N) is 1. The van der Waals surface area contributed by atoms with E-state index in [1.165, 1.54) is 4.90 Å². The SMILES string of the molecule is COc1cccc(NC(=O)CN2C(=O)[C@@H]3[C@H]4C=C[C@@H]([C@@H]5C[C@@H]45)[C@H]3C2=O)c1. The molecule has 5 aliphatic rings. The van der Waals surface area contributed by atoms with Gasteiger partial charge in [-0.05, 0) is 42.2 Å². The van der Waals surface area contributed by atoms with Gasteiger partial charge in [0.05, 0.1) is 18.9 Å². The Morgan fingerprint density at radius 2 is 1.81 bits per heavy atom. The molecule has 2 saturated carbocycles. The van der Waals surface area contributed by atoms with E-state index in [4.69, 9.17) is 4.74 Å². The van der Waals surface area contributed by atoms with Gasteiger partial charge >= 0.3 is 0 Å². The molecule has 0 unspecified atom stereocenters. The van der Waals surface area contributed by atoms with Crippen molar-refractivity contribution in [2.24, 2.45) is 35.5 Å². The summed E-state index contributed by atoms with van der Waals surface area (Å²) >= 11 is 0. The third-order valence-corrected chi connectivity index (χ3v) is 6.41. The van der Waals surface area contributed by atoms with Gasteiger partial charge in [0.15, 0.2) is 0 Å². The number of nitrogens with one attached hydrogen (secondary N) is 1. The highest BCUT2D eigenvalue weighted by Crippen LogP contribution is 2.65. The largest absolute Gasteiger partial charge is 0.497 e. The molecule has 0 spiro atoms. The van der Waals surface area contributed by atoms with E-state index in [0.717, 1.165) is 6.42 Å². The minimum Gasteiger partial charge on any atom is -0.497 e. The van der Waals surface area contributed by atoms with E-state index in [9.17, 15) is 14.4 Å². The van der Waals surface area contributed by atoms with E-state index < -0.39 is 0 Å². The number of likely N-dealkylation sites (tertiary alicyclic amines) is 1. The molecule has 1 aromatic rings. The average Bonchev–Trinajstić information content (AvgIpc) is 3.43. The molecule has 1 aromatic carbocycles. The lowest BCUT2D eigenvalue weighted by atomic mass is 9.63. The van der Waals surface area contributed by atoms with Crippen LogP contribution in [0.15, 0.2) is 36.4 Å². The second-order valence-corrected chi connectivity index (χ2v) is 7.70. The Labute approximate surface area is 151 Å². The number of benzene rings is 1. The second kappa shape index (κ2) is 5.43. The first-order chi connectivity index (χ1) is 12.6. The maximum Gasteiger partial charge on any atom is 0.244 e. The molecule has 4 aliphatic carbocycles. The van der Waals surface area contributed by atoms with Crippen LogP contribution < -0.4 is 10.1 Å². The van der Waals surface area contributed by atoms with Crippen molar-refractivity contribution in [1.82, 2.24) is 4.90 Å². The molecule has 1 saturated heterocycles. The number of imide groups is 1. The Balaban J connectivity index is 1.31. The van der Waals surface area contributed by atoms with Crippen molar-refractivity contribution in [3.05, 3.63) is 36.4 Å². The summed E-state index contributed by atoms with van der Waals surface area (Å²) in [6, 6.07) is 6.99. The number of carbonyl (C=O) groups is 3. The number of hydrogen-bond donors (Lipinski definition) is 1. The molecule has 1 aliphatic heterocycles. The maximum atomic E-state index is 12.9. The van der Waals surface area contributed by atoms with Crippen LogP contribution in [0.5, 0.6) is 5.75 Å². The highest BCUT2D eigenvalue weighted by molar-refractivity contribution is 6.09. The van der Waals surface area contributed by atoms with Crippen molar-refractivity contribution < 1.29 is 19.1 Å². The standard InChI is InChI=1S/C20H20N2O4/c1-26-11-4-2-3-10(7-11)21-16(23)9-22-19(24)17-12-5-6-13(15-8-14(12)15)18(17)20(22)25/h2-7,12-15,17-18H,8-9H2,1H3,(H,21,23)/t12-,13-,14-,15-,17+,18+/m0/s1. The monoisotopic (exact) mass is 352 g/mol. The zero-order valence-corrected chi connectivity index (χ0v) is 14.4. The van der Waals surface area contributed by atoms with Crippen LogP contribution in [0.2, 0.25) is 0 Å². The van der Waals surface area contributed by atoms with Crippen molar-refractivity contribution in [2.75, 3.05) is 19.0 Å². The fourth-order valence-electron chi connectivity index (χ4n) is 5.22. The first-order valence-electron chi connectivity index (χ1n) is 9.06. The molecular formula is C20H20N2O4. The van der Waals surface area contributed by atoms with Crippen LogP contribution in [0.25, 0.3) is 0 Å². The number of allylic oxidation sites excluding steroid dienone is 2. The lowest BCUT2D eigenvalue weighted by Gasteiger charge is -2.37. The summed E-state index contributed by atoms with van der Waals surface area (Å²) in [7, 11) is 1.55. The van der Waals surface area contributed by atoms with Gasteiger partial charge in [-0.15, -0.1) is 0 Å². The van der Waals surface area contributed by atoms with Gasteiger partial charge in [-0.25, -0.2) is 0 Å². The fourth-order valence-corrected chi connectivity index (χ4v) is 5.22. The molecule has 3 fully saturated rings. The molecule has 134 valence electrons. The summed E-state index contributed by atoms with van der Waals surface area (Å²) in [5, 5.41) is 2.74. The Bertz CT molecular complexity index is 812. The number of rotatable bonds is 4. The van der Waals surface area contributed by atoms with Crippen LogP contribution in [-0.4, -0.2) is 36.3 Å². The Morgan fingerprint density at radius 1 is 1.15 bits per heavy atom. The van der Waals surface area contributed by atoms with E-state index in [1.807, 2.05) is 0 Å². The normalized spacial score (nSPS) is 36.0. The Kier molecular flexibility index (Phi) is 3.26. The summed E-state index contributed by atoms with van der Waals surface area (Å²) in [6.07, 6.45) is 5.39. The second-order valence-electron chi connectivity index (χ2n) is 7.70. The Hall–Kier alpha value is -2.63. The predicted octanol–water partition coefficient (Wildman–Crippen LogP) is 1.69. The summed E-state index contributed by atoms with van der Waals surface area (Å²) in [5.74, 6) is 0.874. The zero-order valence-electron chi connectivity index (χ0n) is 14.4. The molecule has 6 atom stereocenters. The quantitative estimate of drug-likeness (QED) is 0.661. The van der Waals surface area contributed by atoms with Crippen LogP contribution in [0.4, 0.5) is 5.69 Å². The van der Waals surface area contributed by atoms with Crippen molar-refractivity contribution in [1.29, 1.82) is 0 Å². The molecule has 6 heteroatoms. The minimum atomic E-state index is -0.371. The number of methoxy groups -OCH3 is 1. The average molecular weight is 352 g/mol. The van der Waals surface area contributed by atoms with Gasteiger partial charge in [-0.1, -0.05) is 18.2 Å². The van der Waals surface area contributed by atoms with Crippen LogP contribution in [0, 0.1) is 35.5 Å². The smallest absolute Gasteiger partial charge is 0.244 e. The van der Waals surface area contributed by atoms with Gasteiger partial charge in [-0.3, -0.25) is 19.3 Å². The van der Waals surface area contributed by atoms with E-state index >= 15 is 0 Å². The lowest BCUT2D eigenvalue weighted by molar-refractivity contribution is -0.142. The van der Waals surface area contributed by atoms with Crippen molar-refractivity contribution in [3.8, 4) is 5.75 Å². The third kappa shape index (κ3) is 2.14. The first kappa shape index (κ1) is 15.6. The first-order valence-corrected chi connectivity index (χ1v) is 9.06. The molecule has 26 heavy (non-hydrogen) atoms. The molecule has 6 nitrogen and oxygen atoms in total. The highest BCUT2D eigenvalue weighted by Gasteiger charge is 2.67. The van der Waals surface area contributed by atoms with Gasteiger partial charge in [-0.2, -0.15) is 0 Å². The van der Waals surface area contributed by atoms with Crippen LogP contribution in [0.1, 0.15) is 6.42 Å². The van der Waals surface area contributed by atoms with Gasteiger partial charge in [0.2, 0.25) is 17.7 Å². The number of amides is 3. The summed E-state index contributed by atoms with van der Waals surface area (Å²) in [6.45, 7) is -0.226. The lowest BCUT2D eigenvalue weighted by Crippen LogP contribution is -2.40. The molecule has 1 N–H and O–H groups in total. The third-order valence-electron chi connectivity index (χ3n) is 6.41. The van der Waals surface area contributed by atoms with Crippen LogP contribution >= 0.6 is 0 Å². The van der Waals surface area contributed by atoms with E-state index in [-0.39, 0.29) is 47.9 Å². The molecule has 0 radical (unpaired) electrons. The number of carbonyl (C=O) groups excluding carboxylic acids is 3. The summed E-state index contributed by atoms with van der Waals surface area (Å²) in [4.78, 5) is 39.3. The summed E-state index contributed by atoms with van der Waals surface area (Å²) in [5.41, 5.74) is 0.578. The van der Waals surface area contributed by atoms with Crippen molar-refractivity contribution >= 4 is 23.4 Å². The topological polar surface area (TPSA) is 75.7 Å². The minimum absolute atomic E-state index is 0.175. The van der Waals surface area contributed by atoms with E-state index in [0.29, 0.717) is 23.3 Å². The number of ether oxygens (including phenoxy) is 1. The molecule has 6 rings (SSSR count). The fraction of sp³-hybridized carbons (Fsp3) is 0.450. The van der Waals surface area contributed by atoms with E-state index in [1.54, 1.807) is 31.4 Å². The molecule has 2 bridgehead atoms. The summed E-state index contributed by atoms with van der Waals surface area (Å²) < 4.78 is 5.14. The van der Waals surface area contributed by atoms with Gasteiger partial charge in [0.25, 0.3) is 0 Å². The van der Waals surface area contributed by atoms with Crippen LogP contribution in [0.3, 0.4) is 0 Å². The molecular weight excluding hydrogens is 332 g/mol. The van der Waals surface area contributed by atoms with Crippen molar-refractivity contribution in [2.45, 2.75) is 6.42 Å². The van der Waals surface area contributed by atoms with E-state index in [2.05, 4.69) is 17.5 Å². The van der Waals surface area contributed by atoms with Crippen molar-refractivity contribution in [3.63, 3.8) is 0 Å². The Morgan fingerprint density at radius 3 is 2.42 bits per heavy atom. The molecule has 1 heterocycles. The zero-order chi connectivity index (χ0) is 18.0.